The van der Waals surface area contributed by atoms with E-state index in [0.29, 0.717) is 64.6 Å². The minimum Gasteiger partial charge on any atom is -0.495 e. The van der Waals surface area contributed by atoms with Crippen molar-refractivity contribution >= 4 is 47.8 Å². The molecule has 6 aromatic rings. The number of hydrogen-bond acceptors (Lipinski definition) is 11. The van der Waals surface area contributed by atoms with Crippen molar-refractivity contribution in [3.63, 3.8) is 0 Å². The molecule has 56 heavy (non-hydrogen) atoms. The minimum absolute atomic E-state index is 0.0667. The van der Waals surface area contributed by atoms with Crippen LogP contribution in [0.15, 0.2) is 91.3 Å². The number of aromatic nitrogens is 4. The molecule has 1 aliphatic heterocycles. The summed E-state index contributed by atoms with van der Waals surface area (Å²) >= 11 is 3.59. The maximum absolute atomic E-state index is 14.5. The summed E-state index contributed by atoms with van der Waals surface area (Å²) in [6, 6.07) is 21.8. The fourth-order valence-corrected chi connectivity index (χ4v) is 6.99. The Kier molecular flexibility index (Phi) is 11.7. The first-order chi connectivity index (χ1) is 27.3. The molecular formula is C41H39F2N7O5S. The second-order valence-corrected chi connectivity index (χ2v) is 13.3. The highest BCUT2D eigenvalue weighted by atomic mass is 32.1. The van der Waals surface area contributed by atoms with E-state index in [4.69, 9.17) is 19.4 Å². The van der Waals surface area contributed by atoms with Crippen LogP contribution >= 0.6 is 12.9 Å². The van der Waals surface area contributed by atoms with Gasteiger partial charge in [0.15, 0.2) is 0 Å². The standard InChI is InChI=1S/C41H39F2N7O5S/c1-3-54-33-13-11-27(23-28(33)40(52)48-38-29(42)7-6-8-30(38)43)37-39(50-19-5-4-9-35(50)47-37)32-14-18-44-41(46-32)45-31-12-10-26(24-34(31)53-2)25-15-20-49(21-16-25)22-17-36(51)55-56/h4-14,18-19,23-25,56H,3,15-17,20-22H2,1-2H3,(H,48,52)(H,44,45,46). The Labute approximate surface area is 327 Å². The maximum Gasteiger partial charge on any atom is 0.318 e. The van der Waals surface area contributed by atoms with E-state index in [2.05, 4.69) is 43.7 Å². The predicted octanol–water partition coefficient (Wildman–Crippen LogP) is 8.10. The summed E-state index contributed by atoms with van der Waals surface area (Å²) in [5, 5.41) is 5.68. The lowest BCUT2D eigenvalue weighted by molar-refractivity contribution is -0.133. The fourth-order valence-electron chi connectivity index (χ4n) is 6.90. The zero-order valence-electron chi connectivity index (χ0n) is 30.7. The molecule has 0 aliphatic carbocycles. The highest BCUT2D eigenvalue weighted by molar-refractivity contribution is 7.75. The number of nitrogens with one attached hydrogen (secondary N) is 2. The molecule has 0 spiro atoms. The van der Waals surface area contributed by atoms with Gasteiger partial charge in [-0.3, -0.25) is 14.0 Å². The second-order valence-electron chi connectivity index (χ2n) is 13.1. The number of amides is 1. The van der Waals surface area contributed by atoms with Crippen molar-refractivity contribution in [3.8, 4) is 34.1 Å². The van der Waals surface area contributed by atoms with Gasteiger partial charge in [0.25, 0.3) is 5.91 Å². The summed E-state index contributed by atoms with van der Waals surface area (Å²) in [6.07, 6.45) is 5.71. The number of anilines is 3. The molecule has 0 bridgehead atoms. The third kappa shape index (κ3) is 8.28. The van der Waals surface area contributed by atoms with Crippen LogP contribution in [0.25, 0.3) is 28.3 Å². The van der Waals surface area contributed by atoms with Crippen molar-refractivity contribution in [2.24, 2.45) is 0 Å². The molecule has 288 valence electrons. The molecule has 3 aromatic heterocycles. The molecule has 1 fully saturated rings. The lowest BCUT2D eigenvalue weighted by atomic mass is 9.89. The molecule has 0 radical (unpaired) electrons. The summed E-state index contributed by atoms with van der Waals surface area (Å²) in [5.41, 5.74) is 4.19. The molecule has 1 amide bonds. The Hall–Kier alpha value is -6.06. The average Bonchev–Trinajstić information content (AvgIpc) is 3.62. The molecule has 3 aromatic carbocycles. The van der Waals surface area contributed by atoms with E-state index >= 15 is 0 Å². The van der Waals surface area contributed by atoms with Gasteiger partial charge in [0.05, 0.1) is 48.5 Å². The Morgan fingerprint density at radius 3 is 2.50 bits per heavy atom. The minimum atomic E-state index is -0.902. The number of rotatable bonds is 13. The van der Waals surface area contributed by atoms with Gasteiger partial charge in [-0.05, 0) is 105 Å². The normalized spacial score (nSPS) is 13.4. The third-order valence-corrected chi connectivity index (χ3v) is 9.90. The van der Waals surface area contributed by atoms with Crippen LogP contribution in [-0.4, -0.2) is 69.5 Å². The van der Waals surface area contributed by atoms with Crippen molar-refractivity contribution in [1.82, 2.24) is 24.3 Å². The van der Waals surface area contributed by atoms with Crippen molar-refractivity contribution < 1.29 is 32.0 Å². The zero-order chi connectivity index (χ0) is 39.2. The molecule has 4 heterocycles. The Morgan fingerprint density at radius 1 is 0.946 bits per heavy atom. The van der Waals surface area contributed by atoms with Gasteiger partial charge >= 0.3 is 5.97 Å². The smallest absolute Gasteiger partial charge is 0.318 e. The molecule has 7 rings (SSSR count). The highest BCUT2D eigenvalue weighted by Crippen LogP contribution is 2.37. The fraction of sp³-hybridized carbons (Fsp3) is 0.244. The number of ether oxygens (including phenoxy) is 2. The number of halogens is 2. The van der Waals surface area contributed by atoms with E-state index in [-0.39, 0.29) is 23.9 Å². The van der Waals surface area contributed by atoms with E-state index in [9.17, 15) is 18.4 Å². The summed E-state index contributed by atoms with van der Waals surface area (Å²) < 4.78 is 46.9. The Morgan fingerprint density at radius 2 is 1.75 bits per heavy atom. The zero-order valence-corrected chi connectivity index (χ0v) is 31.6. The van der Waals surface area contributed by atoms with Crippen molar-refractivity contribution in [1.29, 1.82) is 0 Å². The molecular weight excluding hydrogens is 741 g/mol. The highest BCUT2D eigenvalue weighted by Gasteiger charge is 2.24. The van der Waals surface area contributed by atoms with Crippen LogP contribution in [0.5, 0.6) is 11.5 Å². The molecule has 2 N–H and O–H groups in total. The number of benzene rings is 3. The largest absolute Gasteiger partial charge is 0.495 e. The summed E-state index contributed by atoms with van der Waals surface area (Å²) in [7, 11) is 1.62. The van der Waals surface area contributed by atoms with Crippen LogP contribution in [0.4, 0.5) is 26.1 Å². The third-order valence-electron chi connectivity index (χ3n) is 9.69. The van der Waals surface area contributed by atoms with Crippen molar-refractivity contribution in [3.05, 3.63) is 114 Å². The number of para-hydroxylation sites is 1. The number of hydrogen-bond donors (Lipinski definition) is 3. The predicted molar refractivity (Wildman–Crippen MR) is 212 cm³/mol. The van der Waals surface area contributed by atoms with E-state index in [1.165, 1.54) is 6.07 Å². The number of likely N-dealkylation sites (tertiary alicyclic amines) is 1. The van der Waals surface area contributed by atoms with Crippen LogP contribution in [0.2, 0.25) is 0 Å². The molecule has 0 atom stereocenters. The van der Waals surface area contributed by atoms with E-state index < -0.39 is 23.2 Å². The monoisotopic (exact) mass is 779 g/mol. The van der Waals surface area contributed by atoms with Crippen LogP contribution < -0.4 is 20.1 Å². The van der Waals surface area contributed by atoms with Crippen LogP contribution in [-0.2, 0) is 8.98 Å². The number of methoxy groups -OCH3 is 1. The SMILES string of the molecule is CCOc1ccc(-c2nc3ccccn3c2-c2ccnc(Nc3ccc(C4CCN(CCC(=O)OS)CC4)cc3OC)n2)cc1C(=O)Nc1c(F)cccc1F. The topological polar surface area (TPSA) is 132 Å². The molecule has 0 saturated carbocycles. The average molecular weight is 780 g/mol. The first-order valence-corrected chi connectivity index (χ1v) is 18.5. The lowest BCUT2D eigenvalue weighted by Crippen LogP contribution is -2.34. The van der Waals surface area contributed by atoms with Crippen molar-refractivity contribution in [2.45, 2.75) is 32.1 Å². The van der Waals surface area contributed by atoms with Gasteiger partial charge in [-0.25, -0.2) is 23.7 Å². The number of thiol groups is 1. The quantitative estimate of drug-likeness (QED) is 0.0781. The first kappa shape index (κ1) is 38.2. The molecule has 1 saturated heterocycles. The number of piperidine rings is 1. The first-order valence-electron chi connectivity index (χ1n) is 18.1. The number of imidazole rings is 1. The Balaban J connectivity index is 1.17. The van der Waals surface area contributed by atoms with Gasteiger partial charge in [0, 0.05) is 37.4 Å². The van der Waals surface area contributed by atoms with E-state index in [1.54, 1.807) is 44.5 Å². The van der Waals surface area contributed by atoms with Gasteiger partial charge in [0.1, 0.15) is 34.5 Å². The summed E-state index contributed by atoms with van der Waals surface area (Å²) in [6.45, 7) is 4.42. The Bertz CT molecular complexity index is 2360. The molecule has 1 aliphatic rings. The van der Waals surface area contributed by atoms with Crippen LogP contribution in [0.3, 0.4) is 0 Å². The van der Waals surface area contributed by atoms with E-state index in [1.807, 2.05) is 40.9 Å². The van der Waals surface area contributed by atoms with E-state index in [0.717, 1.165) is 43.6 Å². The van der Waals surface area contributed by atoms with Gasteiger partial charge in [-0.1, -0.05) is 18.2 Å². The van der Waals surface area contributed by atoms with Gasteiger partial charge in [-0.15, -0.1) is 0 Å². The molecule has 12 nitrogen and oxygen atoms in total. The van der Waals surface area contributed by atoms with Gasteiger partial charge in [-0.2, -0.15) is 0 Å². The number of pyridine rings is 1. The second kappa shape index (κ2) is 17.2. The maximum atomic E-state index is 14.5. The number of carbonyl (C=O) groups is 2. The lowest BCUT2D eigenvalue weighted by Gasteiger charge is -2.32. The molecule has 15 heteroatoms. The number of fused-ring (bicyclic) bond motifs is 1. The van der Waals surface area contributed by atoms with Crippen LogP contribution in [0, 0.1) is 11.6 Å². The van der Waals surface area contributed by atoms with Crippen molar-refractivity contribution in [2.75, 3.05) is 44.0 Å². The van der Waals surface area contributed by atoms with Gasteiger partial charge < -0.3 is 29.2 Å². The summed E-state index contributed by atoms with van der Waals surface area (Å²) in [4.78, 5) is 41.6. The van der Waals surface area contributed by atoms with Crippen LogP contribution in [0.1, 0.15) is 48.0 Å². The molecule has 0 unspecified atom stereocenters. The van der Waals surface area contributed by atoms with Gasteiger partial charge in [0.2, 0.25) is 5.95 Å². The number of nitrogens with zero attached hydrogens (tertiary/aromatic N) is 5. The summed E-state index contributed by atoms with van der Waals surface area (Å²) in [5.74, 6) is -1.35. The number of carbonyl (C=O) groups excluding carboxylic acids is 2.